The molecule has 3 aromatic rings. The summed E-state index contributed by atoms with van der Waals surface area (Å²) in [6.45, 7) is 4.33. The summed E-state index contributed by atoms with van der Waals surface area (Å²) >= 11 is 0. The van der Waals surface area contributed by atoms with Crippen LogP contribution in [0.15, 0.2) is 48.5 Å². The van der Waals surface area contributed by atoms with Crippen molar-refractivity contribution in [2.75, 3.05) is 11.4 Å². The van der Waals surface area contributed by atoms with Crippen LogP contribution in [0.4, 0.5) is 5.95 Å². The van der Waals surface area contributed by atoms with Gasteiger partial charge in [-0.15, -0.1) is 0 Å². The summed E-state index contributed by atoms with van der Waals surface area (Å²) < 4.78 is 0. The van der Waals surface area contributed by atoms with E-state index in [1.54, 1.807) is 0 Å². The minimum atomic E-state index is 0.871. The minimum Gasteiger partial charge on any atom is -0.327 e. The molecule has 0 bridgehead atoms. The van der Waals surface area contributed by atoms with Crippen molar-refractivity contribution in [2.45, 2.75) is 6.42 Å². The van der Waals surface area contributed by atoms with Crippen LogP contribution in [0.3, 0.4) is 0 Å². The lowest BCUT2D eigenvalue weighted by molar-refractivity contribution is 0.810. The molecule has 3 heteroatoms. The molecule has 2 radical (unpaired) electrons. The zero-order valence-electron chi connectivity index (χ0n) is 10.4. The van der Waals surface area contributed by atoms with Gasteiger partial charge < -0.3 is 9.88 Å². The molecule has 2 aromatic carbocycles. The highest BCUT2D eigenvalue weighted by Gasteiger charge is 2.19. The van der Waals surface area contributed by atoms with Gasteiger partial charge in [0.2, 0.25) is 5.95 Å². The SMILES string of the molecule is [C]1c2ccccc2CCN1c1nc2ccccc2[nH]1. The number of nitrogens with zero attached hydrogens (tertiary/aromatic N) is 2. The first kappa shape index (κ1) is 10.6. The monoisotopic (exact) mass is 247 g/mol. The fraction of sp³-hybridized carbons (Fsp3) is 0.125. The van der Waals surface area contributed by atoms with Gasteiger partial charge in [-0.2, -0.15) is 0 Å². The van der Waals surface area contributed by atoms with Gasteiger partial charge in [0.15, 0.2) is 0 Å². The normalized spacial score (nSPS) is 14.6. The van der Waals surface area contributed by atoms with E-state index >= 15 is 0 Å². The van der Waals surface area contributed by atoms with Crippen molar-refractivity contribution in [3.63, 3.8) is 0 Å². The number of imidazole rings is 1. The zero-order chi connectivity index (χ0) is 12.7. The summed E-state index contributed by atoms with van der Waals surface area (Å²) in [6.07, 6.45) is 1.03. The van der Waals surface area contributed by atoms with Crippen LogP contribution in [0.25, 0.3) is 11.0 Å². The van der Waals surface area contributed by atoms with Crippen molar-refractivity contribution in [3.05, 3.63) is 66.2 Å². The van der Waals surface area contributed by atoms with Gasteiger partial charge in [-0.05, 0) is 29.7 Å². The first-order chi connectivity index (χ1) is 9.40. The van der Waals surface area contributed by atoms with Crippen molar-refractivity contribution >= 4 is 17.0 Å². The fourth-order valence-electron chi connectivity index (χ4n) is 2.51. The number of benzene rings is 2. The molecule has 2 heterocycles. The molecule has 0 fully saturated rings. The average Bonchev–Trinajstić information content (AvgIpc) is 2.90. The summed E-state index contributed by atoms with van der Waals surface area (Å²) in [4.78, 5) is 10.0. The molecule has 0 atom stereocenters. The molecular weight excluding hydrogens is 234 g/mol. The Hall–Kier alpha value is -2.29. The maximum atomic E-state index is 4.62. The van der Waals surface area contributed by atoms with E-state index in [0.717, 1.165) is 35.5 Å². The molecule has 4 rings (SSSR count). The number of hydrogen-bond acceptors (Lipinski definition) is 2. The van der Waals surface area contributed by atoms with Crippen molar-refractivity contribution < 1.29 is 0 Å². The van der Waals surface area contributed by atoms with Crippen LogP contribution in [0.2, 0.25) is 0 Å². The second-order valence-corrected chi connectivity index (χ2v) is 4.75. The summed E-state index contributed by atoms with van der Waals surface area (Å²) in [5.41, 5.74) is 4.58. The van der Waals surface area contributed by atoms with Gasteiger partial charge in [0.25, 0.3) is 0 Å². The largest absolute Gasteiger partial charge is 0.327 e. The molecule has 1 aliphatic heterocycles. The molecule has 3 nitrogen and oxygen atoms in total. The van der Waals surface area contributed by atoms with E-state index in [0.29, 0.717) is 0 Å². The predicted molar refractivity (Wildman–Crippen MR) is 75.9 cm³/mol. The third kappa shape index (κ3) is 1.78. The number of anilines is 1. The Balaban J connectivity index is 1.70. The number of H-pyrrole nitrogens is 1. The Kier molecular flexibility index (Phi) is 2.30. The highest BCUT2D eigenvalue weighted by Crippen LogP contribution is 2.25. The van der Waals surface area contributed by atoms with Gasteiger partial charge in [-0.1, -0.05) is 36.4 Å². The highest BCUT2D eigenvalue weighted by atomic mass is 15.3. The Bertz CT molecular complexity index is 696. The fourth-order valence-corrected chi connectivity index (χ4v) is 2.51. The zero-order valence-corrected chi connectivity index (χ0v) is 10.4. The van der Waals surface area contributed by atoms with Crippen LogP contribution >= 0.6 is 0 Å². The molecule has 1 aliphatic rings. The van der Waals surface area contributed by atoms with E-state index in [1.165, 1.54) is 5.56 Å². The van der Waals surface area contributed by atoms with Crippen molar-refractivity contribution in [3.8, 4) is 0 Å². The van der Waals surface area contributed by atoms with E-state index in [1.807, 2.05) is 30.3 Å². The van der Waals surface area contributed by atoms with Gasteiger partial charge >= 0.3 is 0 Å². The quantitative estimate of drug-likeness (QED) is 0.716. The highest BCUT2D eigenvalue weighted by molar-refractivity contribution is 5.77. The molecule has 0 unspecified atom stereocenters. The van der Waals surface area contributed by atoms with Gasteiger partial charge in [-0.25, -0.2) is 4.98 Å². The molecule has 1 aromatic heterocycles. The van der Waals surface area contributed by atoms with Gasteiger partial charge in [0, 0.05) is 6.54 Å². The van der Waals surface area contributed by atoms with Gasteiger partial charge in [0.05, 0.1) is 11.0 Å². The number of aromatic amines is 1. The Morgan fingerprint density at radius 1 is 1.05 bits per heavy atom. The summed E-state index contributed by atoms with van der Waals surface area (Å²) in [5.74, 6) is 0.871. The van der Waals surface area contributed by atoms with Crippen LogP contribution in [-0.2, 0) is 6.42 Å². The Morgan fingerprint density at radius 3 is 2.84 bits per heavy atom. The Labute approximate surface area is 111 Å². The number of nitrogens with one attached hydrogen (secondary N) is 1. The maximum absolute atomic E-state index is 4.62. The van der Waals surface area contributed by atoms with Crippen molar-refractivity contribution in [1.82, 2.24) is 9.97 Å². The standard InChI is InChI=1S/C16H13N3/c1-2-6-13-11-19(10-9-12(13)5-1)16-17-14-7-3-4-8-15(14)18-16/h1-8H,9-10H2,(H,17,18). The second kappa shape index (κ2) is 4.12. The molecular formula is C16H13N3. The van der Waals surface area contributed by atoms with Gasteiger partial charge in [-0.3, -0.25) is 0 Å². The first-order valence-corrected chi connectivity index (χ1v) is 6.47. The number of aromatic nitrogens is 2. The lowest BCUT2D eigenvalue weighted by atomic mass is 10.0. The van der Waals surface area contributed by atoms with Crippen LogP contribution < -0.4 is 4.90 Å². The van der Waals surface area contributed by atoms with E-state index in [2.05, 4.69) is 39.6 Å². The minimum absolute atomic E-state index is 0.871. The molecule has 19 heavy (non-hydrogen) atoms. The number of para-hydroxylation sites is 2. The summed E-state index contributed by atoms with van der Waals surface area (Å²) in [5, 5.41) is 0. The van der Waals surface area contributed by atoms with Crippen LogP contribution in [0, 0.1) is 6.54 Å². The topological polar surface area (TPSA) is 31.9 Å². The third-order valence-electron chi connectivity index (χ3n) is 3.51. The van der Waals surface area contributed by atoms with E-state index in [9.17, 15) is 0 Å². The molecule has 92 valence electrons. The molecule has 0 saturated carbocycles. The van der Waals surface area contributed by atoms with Crippen molar-refractivity contribution in [1.29, 1.82) is 0 Å². The smallest absolute Gasteiger partial charge is 0.204 e. The first-order valence-electron chi connectivity index (χ1n) is 6.47. The summed E-state index contributed by atoms with van der Waals surface area (Å²) in [7, 11) is 0. The lowest BCUT2D eigenvalue weighted by Crippen LogP contribution is -2.29. The van der Waals surface area contributed by atoms with E-state index in [4.69, 9.17) is 0 Å². The molecule has 1 N–H and O–H groups in total. The molecule has 0 spiro atoms. The van der Waals surface area contributed by atoms with Gasteiger partial charge in [0.1, 0.15) is 6.54 Å². The number of fused-ring (bicyclic) bond motifs is 2. The second-order valence-electron chi connectivity index (χ2n) is 4.75. The van der Waals surface area contributed by atoms with Crippen LogP contribution in [0.5, 0.6) is 0 Å². The summed E-state index contributed by atoms with van der Waals surface area (Å²) in [6, 6.07) is 16.5. The van der Waals surface area contributed by atoms with E-state index < -0.39 is 0 Å². The molecule has 0 aliphatic carbocycles. The van der Waals surface area contributed by atoms with Crippen LogP contribution in [-0.4, -0.2) is 16.5 Å². The third-order valence-corrected chi connectivity index (χ3v) is 3.51. The maximum Gasteiger partial charge on any atom is 0.204 e. The average molecular weight is 247 g/mol. The lowest BCUT2D eigenvalue weighted by Gasteiger charge is -2.26. The van der Waals surface area contributed by atoms with Crippen LogP contribution in [0.1, 0.15) is 11.1 Å². The number of hydrogen-bond donors (Lipinski definition) is 1. The Morgan fingerprint density at radius 2 is 1.89 bits per heavy atom. The molecule has 0 saturated heterocycles. The van der Waals surface area contributed by atoms with E-state index in [-0.39, 0.29) is 0 Å². The molecule has 0 amide bonds. The number of rotatable bonds is 1. The predicted octanol–water partition coefficient (Wildman–Crippen LogP) is 3.01. The van der Waals surface area contributed by atoms with Crippen molar-refractivity contribution in [2.24, 2.45) is 0 Å².